The molecule has 20 heavy (non-hydrogen) atoms. The SMILES string of the molecule is CCc1ccc(-c2nc3ccc(C(=O)O)cc3o2)cc1. The molecule has 2 aromatic carbocycles. The Morgan fingerprint density at radius 3 is 2.60 bits per heavy atom. The molecule has 3 rings (SSSR count). The first kappa shape index (κ1) is 12.4. The molecule has 3 aromatic rings. The van der Waals surface area contributed by atoms with Crippen molar-refractivity contribution in [3.05, 3.63) is 53.6 Å². The second-order valence-electron chi connectivity index (χ2n) is 4.56. The summed E-state index contributed by atoms with van der Waals surface area (Å²) in [5, 5.41) is 8.96. The van der Waals surface area contributed by atoms with E-state index in [4.69, 9.17) is 9.52 Å². The van der Waals surface area contributed by atoms with Crippen LogP contribution in [-0.2, 0) is 6.42 Å². The topological polar surface area (TPSA) is 63.3 Å². The lowest BCUT2D eigenvalue weighted by Gasteiger charge is -1.97. The van der Waals surface area contributed by atoms with E-state index in [9.17, 15) is 4.79 Å². The van der Waals surface area contributed by atoms with Crippen molar-refractivity contribution in [1.29, 1.82) is 0 Å². The molecule has 0 spiro atoms. The molecule has 4 heteroatoms. The van der Waals surface area contributed by atoms with E-state index in [-0.39, 0.29) is 5.56 Å². The number of nitrogens with zero attached hydrogens (tertiary/aromatic N) is 1. The lowest BCUT2D eigenvalue weighted by molar-refractivity contribution is 0.0697. The first-order valence-electron chi connectivity index (χ1n) is 6.40. The van der Waals surface area contributed by atoms with Crippen molar-refractivity contribution in [2.24, 2.45) is 0 Å². The summed E-state index contributed by atoms with van der Waals surface area (Å²) in [6.07, 6.45) is 0.982. The van der Waals surface area contributed by atoms with Crippen LogP contribution >= 0.6 is 0 Å². The predicted molar refractivity (Wildman–Crippen MR) is 75.8 cm³/mol. The molecule has 0 radical (unpaired) electrons. The van der Waals surface area contributed by atoms with Crippen LogP contribution in [-0.4, -0.2) is 16.1 Å². The lowest BCUT2D eigenvalue weighted by Crippen LogP contribution is -1.94. The van der Waals surface area contributed by atoms with Gasteiger partial charge in [-0.05, 0) is 42.3 Å². The van der Waals surface area contributed by atoms with Crippen molar-refractivity contribution in [2.75, 3.05) is 0 Å². The van der Waals surface area contributed by atoms with Crippen molar-refractivity contribution in [1.82, 2.24) is 4.98 Å². The number of oxazole rings is 1. The van der Waals surface area contributed by atoms with Crippen molar-refractivity contribution in [3.8, 4) is 11.5 Å². The first-order chi connectivity index (χ1) is 9.67. The third kappa shape index (κ3) is 2.16. The van der Waals surface area contributed by atoms with Crippen LogP contribution in [0.5, 0.6) is 0 Å². The van der Waals surface area contributed by atoms with Crippen LogP contribution in [0.4, 0.5) is 0 Å². The Balaban J connectivity index is 2.05. The Bertz CT molecular complexity index is 772. The maximum atomic E-state index is 10.9. The minimum Gasteiger partial charge on any atom is -0.478 e. The van der Waals surface area contributed by atoms with Crippen molar-refractivity contribution < 1.29 is 14.3 Å². The number of carboxylic acids is 1. The smallest absolute Gasteiger partial charge is 0.335 e. The number of carboxylic acid groups (broad SMARTS) is 1. The number of aromatic carboxylic acids is 1. The molecule has 0 unspecified atom stereocenters. The highest BCUT2D eigenvalue weighted by atomic mass is 16.4. The van der Waals surface area contributed by atoms with Crippen LogP contribution in [0.15, 0.2) is 46.9 Å². The zero-order valence-corrected chi connectivity index (χ0v) is 11.0. The van der Waals surface area contributed by atoms with Gasteiger partial charge in [0.1, 0.15) is 5.52 Å². The van der Waals surface area contributed by atoms with Gasteiger partial charge in [-0.2, -0.15) is 0 Å². The molecule has 1 aromatic heterocycles. The Labute approximate surface area is 115 Å². The van der Waals surface area contributed by atoms with E-state index in [1.54, 1.807) is 6.07 Å². The van der Waals surface area contributed by atoms with E-state index in [0.29, 0.717) is 17.0 Å². The van der Waals surface area contributed by atoms with Crippen molar-refractivity contribution in [3.63, 3.8) is 0 Å². The van der Waals surface area contributed by atoms with Gasteiger partial charge in [0.25, 0.3) is 0 Å². The highest BCUT2D eigenvalue weighted by molar-refractivity contribution is 5.92. The summed E-state index contributed by atoms with van der Waals surface area (Å²) in [4.78, 5) is 15.3. The molecule has 0 saturated heterocycles. The van der Waals surface area contributed by atoms with Gasteiger partial charge < -0.3 is 9.52 Å². The normalized spacial score (nSPS) is 10.8. The minimum atomic E-state index is -0.975. The fourth-order valence-corrected chi connectivity index (χ4v) is 2.06. The zero-order valence-electron chi connectivity index (χ0n) is 11.0. The van der Waals surface area contributed by atoms with E-state index >= 15 is 0 Å². The zero-order chi connectivity index (χ0) is 14.1. The molecule has 4 nitrogen and oxygen atoms in total. The molecular formula is C16H13NO3. The standard InChI is InChI=1S/C16H13NO3/c1-2-10-3-5-11(6-4-10)15-17-13-8-7-12(16(18)19)9-14(13)20-15/h3-9H,2H2,1H3,(H,18,19). The van der Waals surface area contributed by atoms with Crippen molar-refractivity contribution >= 4 is 17.1 Å². The van der Waals surface area contributed by atoms with E-state index < -0.39 is 5.97 Å². The summed E-state index contributed by atoms with van der Waals surface area (Å²) in [5.74, 6) is -0.470. The Kier molecular flexibility index (Phi) is 2.99. The summed E-state index contributed by atoms with van der Waals surface area (Å²) in [5.41, 5.74) is 3.47. The maximum Gasteiger partial charge on any atom is 0.335 e. The number of aromatic nitrogens is 1. The molecule has 0 aliphatic heterocycles. The molecule has 0 amide bonds. The second kappa shape index (κ2) is 4.81. The van der Waals surface area contributed by atoms with Gasteiger partial charge in [-0.15, -0.1) is 0 Å². The minimum absolute atomic E-state index is 0.196. The lowest BCUT2D eigenvalue weighted by atomic mass is 10.1. The van der Waals surface area contributed by atoms with Gasteiger partial charge in [-0.25, -0.2) is 9.78 Å². The third-order valence-electron chi connectivity index (χ3n) is 3.24. The fraction of sp³-hybridized carbons (Fsp3) is 0.125. The van der Waals surface area contributed by atoms with Gasteiger partial charge in [0.05, 0.1) is 5.56 Å². The van der Waals surface area contributed by atoms with Gasteiger partial charge in [0.2, 0.25) is 5.89 Å². The van der Waals surface area contributed by atoms with Crippen LogP contribution in [0.3, 0.4) is 0 Å². The monoisotopic (exact) mass is 267 g/mol. The number of aryl methyl sites for hydroxylation is 1. The van der Waals surface area contributed by atoms with E-state index in [1.165, 1.54) is 17.7 Å². The Hall–Kier alpha value is -2.62. The molecule has 0 bridgehead atoms. The molecule has 0 aliphatic rings. The van der Waals surface area contributed by atoms with Gasteiger partial charge >= 0.3 is 5.97 Å². The van der Waals surface area contributed by atoms with Gasteiger partial charge in [0.15, 0.2) is 5.58 Å². The number of fused-ring (bicyclic) bond motifs is 1. The highest BCUT2D eigenvalue weighted by Gasteiger charge is 2.11. The van der Waals surface area contributed by atoms with Gasteiger partial charge in [-0.1, -0.05) is 19.1 Å². The maximum absolute atomic E-state index is 10.9. The van der Waals surface area contributed by atoms with E-state index in [0.717, 1.165) is 12.0 Å². The highest BCUT2D eigenvalue weighted by Crippen LogP contribution is 2.25. The van der Waals surface area contributed by atoms with Crippen molar-refractivity contribution in [2.45, 2.75) is 13.3 Å². The Morgan fingerprint density at radius 2 is 1.95 bits per heavy atom. The Morgan fingerprint density at radius 1 is 1.20 bits per heavy atom. The molecule has 0 atom stereocenters. The molecule has 1 N–H and O–H groups in total. The molecule has 1 heterocycles. The molecular weight excluding hydrogens is 254 g/mol. The number of rotatable bonds is 3. The molecule has 0 saturated carbocycles. The molecule has 0 fully saturated rings. The van der Waals surface area contributed by atoms with Gasteiger partial charge in [-0.3, -0.25) is 0 Å². The average molecular weight is 267 g/mol. The average Bonchev–Trinajstić information content (AvgIpc) is 2.90. The van der Waals surface area contributed by atoms with Crippen LogP contribution in [0, 0.1) is 0 Å². The third-order valence-corrected chi connectivity index (χ3v) is 3.24. The summed E-state index contributed by atoms with van der Waals surface area (Å²) in [6.45, 7) is 2.10. The first-order valence-corrected chi connectivity index (χ1v) is 6.40. The molecule has 100 valence electrons. The predicted octanol–water partition coefficient (Wildman–Crippen LogP) is 3.76. The number of benzene rings is 2. The number of hydrogen-bond donors (Lipinski definition) is 1. The summed E-state index contributed by atoms with van der Waals surface area (Å²) in [7, 11) is 0. The fourth-order valence-electron chi connectivity index (χ4n) is 2.06. The summed E-state index contributed by atoms with van der Waals surface area (Å²) < 4.78 is 5.64. The van der Waals surface area contributed by atoms with Crippen LogP contribution < -0.4 is 0 Å². The van der Waals surface area contributed by atoms with E-state index in [1.807, 2.05) is 24.3 Å². The number of carbonyl (C=O) groups is 1. The summed E-state index contributed by atoms with van der Waals surface area (Å²) >= 11 is 0. The van der Waals surface area contributed by atoms with Gasteiger partial charge in [0, 0.05) is 5.56 Å². The molecule has 0 aliphatic carbocycles. The van der Waals surface area contributed by atoms with Crippen LogP contribution in [0.25, 0.3) is 22.6 Å². The van der Waals surface area contributed by atoms with Crippen LogP contribution in [0.2, 0.25) is 0 Å². The summed E-state index contributed by atoms with van der Waals surface area (Å²) in [6, 6.07) is 12.7. The quantitative estimate of drug-likeness (QED) is 0.784. The largest absolute Gasteiger partial charge is 0.478 e. The second-order valence-corrected chi connectivity index (χ2v) is 4.56. The van der Waals surface area contributed by atoms with E-state index in [2.05, 4.69) is 11.9 Å². The van der Waals surface area contributed by atoms with Crippen LogP contribution in [0.1, 0.15) is 22.8 Å². The number of hydrogen-bond acceptors (Lipinski definition) is 3.